The number of nitrogens with zero attached hydrogens (tertiary/aromatic N) is 2. The minimum absolute atomic E-state index is 0.745. The number of hydrogen-bond donors (Lipinski definition) is 2. The van der Waals surface area contributed by atoms with Crippen molar-refractivity contribution in [2.75, 3.05) is 25.6 Å². The molecule has 1 heterocycles. The maximum atomic E-state index is 4.38. The largest absolute Gasteiger partial charge is 0.356 e. The molecular formula is C13H24N4S2. The molecule has 0 spiro atoms. The fourth-order valence-electron chi connectivity index (χ4n) is 1.55. The Labute approximate surface area is 124 Å². The molecule has 0 radical (unpaired) electrons. The van der Waals surface area contributed by atoms with Gasteiger partial charge in [-0.1, -0.05) is 6.92 Å². The molecule has 0 bridgehead atoms. The highest BCUT2D eigenvalue weighted by Gasteiger charge is 2.02. The maximum Gasteiger partial charge on any atom is 0.191 e. The van der Waals surface area contributed by atoms with Crippen molar-refractivity contribution >= 4 is 29.1 Å². The zero-order valence-electron chi connectivity index (χ0n) is 12.0. The molecule has 0 saturated carbocycles. The second-order valence-corrected chi connectivity index (χ2v) is 6.31. The van der Waals surface area contributed by atoms with Crippen LogP contribution in [0.3, 0.4) is 0 Å². The molecule has 4 nitrogen and oxygen atoms in total. The summed E-state index contributed by atoms with van der Waals surface area (Å²) < 4.78 is 0. The lowest BCUT2D eigenvalue weighted by molar-refractivity contribution is 0.732. The lowest BCUT2D eigenvalue weighted by atomic mass is 10.3. The van der Waals surface area contributed by atoms with Crippen LogP contribution in [0.1, 0.15) is 29.7 Å². The van der Waals surface area contributed by atoms with Crippen LogP contribution in [-0.2, 0) is 13.0 Å². The van der Waals surface area contributed by atoms with Gasteiger partial charge >= 0.3 is 0 Å². The summed E-state index contributed by atoms with van der Waals surface area (Å²) in [5.41, 5.74) is 0. The molecule has 0 amide bonds. The van der Waals surface area contributed by atoms with E-state index >= 15 is 0 Å². The van der Waals surface area contributed by atoms with Gasteiger partial charge in [0.2, 0.25) is 0 Å². The van der Waals surface area contributed by atoms with Crippen molar-refractivity contribution < 1.29 is 0 Å². The lowest BCUT2D eigenvalue weighted by Crippen LogP contribution is -2.37. The van der Waals surface area contributed by atoms with Crippen molar-refractivity contribution in [3.8, 4) is 0 Å². The highest BCUT2D eigenvalue weighted by Crippen LogP contribution is 2.12. The van der Waals surface area contributed by atoms with Crippen LogP contribution < -0.4 is 10.6 Å². The summed E-state index contributed by atoms with van der Waals surface area (Å²) >= 11 is 3.66. The summed E-state index contributed by atoms with van der Waals surface area (Å²) in [4.78, 5) is 9.93. The Morgan fingerprint density at radius 3 is 2.89 bits per heavy atom. The van der Waals surface area contributed by atoms with E-state index in [0.29, 0.717) is 0 Å². The number of nitrogens with one attached hydrogen (secondary N) is 2. The fraction of sp³-hybridized carbons (Fsp3) is 0.692. The second kappa shape index (κ2) is 10.1. The summed E-state index contributed by atoms with van der Waals surface area (Å²) in [6.07, 6.45) is 7.59. The van der Waals surface area contributed by atoms with Crippen molar-refractivity contribution in [3.05, 3.63) is 16.1 Å². The van der Waals surface area contributed by atoms with Crippen molar-refractivity contribution in [2.24, 2.45) is 4.99 Å². The smallest absolute Gasteiger partial charge is 0.191 e. The fourth-order valence-corrected chi connectivity index (χ4v) is 2.85. The van der Waals surface area contributed by atoms with Crippen molar-refractivity contribution in [3.63, 3.8) is 0 Å². The zero-order valence-corrected chi connectivity index (χ0v) is 13.7. The minimum atomic E-state index is 0.745. The van der Waals surface area contributed by atoms with E-state index in [-0.39, 0.29) is 0 Å². The molecule has 1 aromatic heterocycles. The molecule has 2 N–H and O–H groups in total. The summed E-state index contributed by atoms with van der Waals surface area (Å²) in [6.45, 7) is 3.87. The van der Waals surface area contributed by atoms with Gasteiger partial charge in [-0.2, -0.15) is 11.8 Å². The number of aryl methyl sites for hydroxylation is 1. The minimum Gasteiger partial charge on any atom is -0.356 e. The van der Waals surface area contributed by atoms with E-state index in [1.165, 1.54) is 23.5 Å². The van der Waals surface area contributed by atoms with Crippen LogP contribution in [0.15, 0.2) is 11.2 Å². The van der Waals surface area contributed by atoms with Crippen LogP contribution in [0.5, 0.6) is 0 Å². The van der Waals surface area contributed by atoms with E-state index in [1.807, 2.05) is 18.0 Å². The highest BCUT2D eigenvalue weighted by atomic mass is 32.2. The Balaban J connectivity index is 2.21. The lowest BCUT2D eigenvalue weighted by Gasteiger charge is -2.10. The summed E-state index contributed by atoms with van der Waals surface area (Å²) in [7, 11) is 1.80. The number of thioether (sulfide) groups is 1. The topological polar surface area (TPSA) is 49.3 Å². The summed E-state index contributed by atoms with van der Waals surface area (Å²) in [6, 6.07) is 0. The van der Waals surface area contributed by atoms with Crippen molar-refractivity contribution in [1.82, 2.24) is 15.6 Å². The molecule has 0 aliphatic rings. The monoisotopic (exact) mass is 300 g/mol. The first-order valence-electron chi connectivity index (χ1n) is 6.67. The van der Waals surface area contributed by atoms with Gasteiger partial charge in [0.1, 0.15) is 5.01 Å². The molecule has 108 valence electrons. The average Bonchev–Trinajstić information content (AvgIpc) is 2.90. The Morgan fingerprint density at radius 1 is 1.42 bits per heavy atom. The van der Waals surface area contributed by atoms with E-state index in [0.717, 1.165) is 30.5 Å². The van der Waals surface area contributed by atoms with E-state index in [4.69, 9.17) is 0 Å². The first-order chi connectivity index (χ1) is 9.30. The van der Waals surface area contributed by atoms with Crippen LogP contribution in [0, 0.1) is 0 Å². The number of guanidine groups is 1. The van der Waals surface area contributed by atoms with E-state index in [1.54, 1.807) is 18.4 Å². The predicted octanol–water partition coefficient (Wildman–Crippen LogP) is 2.51. The third kappa shape index (κ3) is 6.82. The third-order valence-electron chi connectivity index (χ3n) is 2.65. The molecule has 0 fully saturated rings. The first-order valence-corrected chi connectivity index (χ1v) is 8.88. The molecule has 0 atom stereocenters. The van der Waals surface area contributed by atoms with E-state index in [2.05, 4.69) is 33.8 Å². The predicted molar refractivity (Wildman–Crippen MR) is 87.3 cm³/mol. The Hall–Kier alpha value is -0.750. The Bertz CT molecular complexity index is 376. The second-order valence-electron chi connectivity index (χ2n) is 4.13. The molecule has 0 aliphatic carbocycles. The maximum absolute atomic E-state index is 4.38. The van der Waals surface area contributed by atoms with Crippen LogP contribution in [0.2, 0.25) is 0 Å². The van der Waals surface area contributed by atoms with Gasteiger partial charge in [-0.05, 0) is 31.3 Å². The van der Waals surface area contributed by atoms with Crippen LogP contribution in [-0.4, -0.2) is 36.5 Å². The summed E-state index contributed by atoms with van der Waals surface area (Å²) in [5.74, 6) is 2.09. The summed E-state index contributed by atoms with van der Waals surface area (Å²) in [5, 5.41) is 7.73. The molecule has 19 heavy (non-hydrogen) atoms. The van der Waals surface area contributed by atoms with Crippen LogP contribution in [0.25, 0.3) is 0 Å². The number of unbranched alkanes of at least 4 members (excludes halogenated alkanes) is 1. The van der Waals surface area contributed by atoms with Gasteiger partial charge in [0.15, 0.2) is 5.96 Å². The Morgan fingerprint density at radius 2 is 2.26 bits per heavy atom. The molecule has 6 heteroatoms. The number of rotatable bonds is 8. The molecule has 0 aromatic carbocycles. The van der Waals surface area contributed by atoms with Gasteiger partial charge < -0.3 is 10.6 Å². The molecule has 0 aliphatic heterocycles. The van der Waals surface area contributed by atoms with E-state index < -0.39 is 0 Å². The number of thiazole rings is 1. The van der Waals surface area contributed by atoms with Gasteiger partial charge in [0.05, 0.1) is 6.54 Å². The van der Waals surface area contributed by atoms with Crippen molar-refractivity contribution in [1.29, 1.82) is 0 Å². The number of aliphatic imine (C=N–C) groups is 1. The van der Waals surface area contributed by atoms with Gasteiger partial charge in [0, 0.05) is 24.7 Å². The average molecular weight is 300 g/mol. The molecular weight excluding hydrogens is 276 g/mol. The van der Waals surface area contributed by atoms with Gasteiger partial charge in [-0.25, -0.2) is 4.98 Å². The normalized spacial score (nSPS) is 11.6. The Kier molecular flexibility index (Phi) is 8.66. The quantitative estimate of drug-likeness (QED) is 0.440. The molecule has 0 unspecified atom stereocenters. The van der Waals surface area contributed by atoms with Crippen molar-refractivity contribution in [2.45, 2.75) is 32.7 Å². The van der Waals surface area contributed by atoms with E-state index in [9.17, 15) is 0 Å². The van der Waals surface area contributed by atoms with Gasteiger partial charge in [0.25, 0.3) is 0 Å². The SMILES string of the molecule is CCc1cnc(CNC(=NC)NCCCCSC)s1. The zero-order chi connectivity index (χ0) is 13.9. The third-order valence-corrected chi connectivity index (χ3v) is 4.49. The number of aromatic nitrogens is 1. The van der Waals surface area contributed by atoms with Gasteiger partial charge in [-0.3, -0.25) is 4.99 Å². The first kappa shape index (κ1) is 16.3. The highest BCUT2D eigenvalue weighted by molar-refractivity contribution is 7.98. The van der Waals surface area contributed by atoms with Gasteiger partial charge in [-0.15, -0.1) is 11.3 Å². The molecule has 1 aromatic rings. The molecule has 1 rings (SSSR count). The van der Waals surface area contributed by atoms with Crippen LogP contribution in [0.4, 0.5) is 0 Å². The number of hydrogen-bond acceptors (Lipinski definition) is 4. The standard InChI is InChI=1S/C13H24N4S2/c1-4-11-9-16-12(19-11)10-17-13(14-2)15-7-5-6-8-18-3/h9H,4-8,10H2,1-3H3,(H2,14,15,17). The van der Waals surface area contributed by atoms with Crippen LogP contribution >= 0.6 is 23.1 Å². The molecule has 0 saturated heterocycles.